The first kappa shape index (κ1) is 15.9. The number of hydrogen-bond acceptors (Lipinski definition) is 3. The predicted octanol–water partition coefficient (Wildman–Crippen LogP) is 3.33. The van der Waals surface area contributed by atoms with Crippen molar-refractivity contribution >= 4 is 0 Å². The molecule has 0 bridgehead atoms. The molecule has 1 aliphatic rings. The van der Waals surface area contributed by atoms with Gasteiger partial charge in [-0.25, -0.2) is 0 Å². The van der Waals surface area contributed by atoms with Gasteiger partial charge in [0.1, 0.15) is 0 Å². The van der Waals surface area contributed by atoms with E-state index in [1.807, 2.05) is 13.8 Å². The molecule has 1 rings (SSSR count). The molecular formula is C15H31NO2. The van der Waals surface area contributed by atoms with E-state index in [1.54, 1.807) is 0 Å². The third-order valence-electron chi connectivity index (χ3n) is 3.98. The van der Waals surface area contributed by atoms with Crippen LogP contribution < -0.4 is 5.32 Å². The third kappa shape index (κ3) is 5.25. The second kappa shape index (κ2) is 8.13. The van der Waals surface area contributed by atoms with Crippen LogP contribution in [0.2, 0.25) is 0 Å². The van der Waals surface area contributed by atoms with Crippen molar-refractivity contribution in [1.29, 1.82) is 0 Å². The van der Waals surface area contributed by atoms with Crippen molar-refractivity contribution in [1.82, 2.24) is 5.32 Å². The summed E-state index contributed by atoms with van der Waals surface area (Å²) in [6, 6.07) is 0.648. The molecule has 0 spiro atoms. The van der Waals surface area contributed by atoms with Crippen molar-refractivity contribution in [2.24, 2.45) is 5.41 Å². The van der Waals surface area contributed by atoms with Crippen LogP contribution in [0.25, 0.3) is 0 Å². The number of rotatable bonds is 8. The fraction of sp³-hybridized carbons (Fsp3) is 1.00. The molecule has 1 saturated carbocycles. The van der Waals surface area contributed by atoms with Crippen molar-refractivity contribution in [3.63, 3.8) is 0 Å². The van der Waals surface area contributed by atoms with E-state index < -0.39 is 0 Å². The predicted molar refractivity (Wildman–Crippen MR) is 75.7 cm³/mol. The van der Waals surface area contributed by atoms with Gasteiger partial charge < -0.3 is 14.8 Å². The highest BCUT2D eigenvalue weighted by atomic mass is 16.7. The summed E-state index contributed by atoms with van der Waals surface area (Å²) in [7, 11) is 0. The Morgan fingerprint density at radius 2 is 1.83 bits per heavy atom. The number of ether oxygens (including phenoxy) is 2. The maximum atomic E-state index is 5.56. The first-order chi connectivity index (χ1) is 8.60. The van der Waals surface area contributed by atoms with Gasteiger partial charge in [0.05, 0.1) is 0 Å². The topological polar surface area (TPSA) is 30.5 Å². The average molecular weight is 257 g/mol. The molecule has 1 fully saturated rings. The number of nitrogens with one attached hydrogen (secondary N) is 1. The third-order valence-corrected chi connectivity index (χ3v) is 3.98. The van der Waals surface area contributed by atoms with Crippen molar-refractivity contribution in [3.05, 3.63) is 0 Å². The molecule has 0 amide bonds. The van der Waals surface area contributed by atoms with Crippen LogP contribution in [0.4, 0.5) is 0 Å². The number of hydrogen-bond donors (Lipinski definition) is 1. The molecule has 1 aliphatic carbocycles. The van der Waals surface area contributed by atoms with E-state index in [-0.39, 0.29) is 6.29 Å². The summed E-state index contributed by atoms with van der Waals surface area (Å²) in [5.41, 5.74) is 0.435. The Bertz CT molecular complexity index is 213. The molecule has 0 radical (unpaired) electrons. The maximum absolute atomic E-state index is 5.56. The van der Waals surface area contributed by atoms with Gasteiger partial charge in [0.2, 0.25) is 0 Å². The fourth-order valence-electron chi connectivity index (χ4n) is 2.83. The highest BCUT2D eigenvalue weighted by Crippen LogP contribution is 2.35. The van der Waals surface area contributed by atoms with E-state index in [0.29, 0.717) is 11.5 Å². The van der Waals surface area contributed by atoms with Gasteiger partial charge in [-0.05, 0) is 32.1 Å². The van der Waals surface area contributed by atoms with E-state index in [4.69, 9.17) is 9.47 Å². The summed E-state index contributed by atoms with van der Waals surface area (Å²) in [6.07, 6.45) is 6.28. The zero-order chi connectivity index (χ0) is 13.4. The van der Waals surface area contributed by atoms with Crippen molar-refractivity contribution in [3.8, 4) is 0 Å². The Morgan fingerprint density at radius 1 is 1.17 bits per heavy atom. The Kier molecular flexibility index (Phi) is 7.20. The van der Waals surface area contributed by atoms with Crippen molar-refractivity contribution in [2.45, 2.75) is 72.1 Å². The first-order valence-electron chi connectivity index (χ1n) is 7.56. The van der Waals surface area contributed by atoms with Crippen molar-refractivity contribution < 1.29 is 9.47 Å². The van der Waals surface area contributed by atoms with Crippen LogP contribution in [0.3, 0.4) is 0 Å². The van der Waals surface area contributed by atoms with Crippen LogP contribution in [0.1, 0.15) is 59.8 Å². The van der Waals surface area contributed by atoms with Crippen LogP contribution in [0.15, 0.2) is 0 Å². The maximum Gasteiger partial charge on any atom is 0.158 e. The zero-order valence-corrected chi connectivity index (χ0v) is 12.6. The smallest absolute Gasteiger partial charge is 0.158 e. The monoisotopic (exact) mass is 257 g/mol. The van der Waals surface area contributed by atoms with Crippen molar-refractivity contribution in [2.75, 3.05) is 19.8 Å². The van der Waals surface area contributed by atoms with E-state index >= 15 is 0 Å². The van der Waals surface area contributed by atoms with E-state index in [0.717, 1.165) is 26.2 Å². The Morgan fingerprint density at radius 3 is 2.39 bits per heavy atom. The van der Waals surface area contributed by atoms with Gasteiger partial charge in [-0.3, -0.25) is 0 Å². The van der Waals surface area contributed by atoms with Gasteiger partial charge in [-0.2, -0.15) is 0 Å². The fourth-order valence-corrected chi connectivity index (χ4v) is 2.83. The van der Waals surface area contributed by atoms with Gasteiger partial charge in [-0.1, -0.05) is 26.7 Å². The lowest BCUT2D eigenvalue weighted by molar-refractivity contribution is -0.139. The molecule has 108 valence electrons. The minimum atomic E-state index is -0.0424. The zero-order valence-electron chi connectivity index (χ0n) is 12.6. The summed E-state index contributed by atoms with van der Waals surface area (Å²) in [5.74, 6) is 0. The molecule has 0 aliphatic heterocycles. The average Bonchev–Trinajstić information content (AvgIpc) is 2.31. The summed E-state index contributed by atoms with van der Waals surface area (Å²) in [6.45, 7) is 11.2. The lowest BCUT2D eigenvalue weighted by atomic mass is 9.73. The highest BCUT2D eigenvalue weighted by molar-refractivity contribution is 4.87. The van der Waals surface area contributed by atoms with Gasteiger partial charge in [0, 0.05) is 32.2 Å². The normalized spacial score (nSPS) is 23.5. The van der Waals surface area contributed by atoms with Gasteiger partial charge in [0.25, 0.3) is 0 Å². The Balaban J connectivity index is 2.26. The Hall–Kier alpha value is -0.120. The molecule has 0 heterocycles. The molecule has 1 N–H and O–H groups in total. The van der Waals surface area contributed by atoms with E-state index in [1.165, 1.54) is 25.7 Å². The molecule has 1 unspecified atom stereocenters. The molecule has 0 saturated heterocycles. The Labute approximate surface area is 113 Å². The van der Waals surface area contributed by atoms with Crippen LogP contribution in [-0.2, 0) is 9.47 Å². The molecule has 3 heteroatoms. The standard InChI is InChI=1S/C15H31NO2/c1-5-17-14(18-6-2)10-12-16-13-9-7-8-11-15(13,3)4/h13-14,16H,5-12H2,1-4H3. The molecule has 18 heavy (non-hydrogen) atoms. The molecule has 1 atom stereocenters. The van der Waals surface area contributed by atoms with Gasteiger partial charge >= 0.3 is 0 Å². The van der Waals surface area contributed by atoms with E-state index in [9.17, 15) is 0 Å². The van der Waals surface area contributed by atoms with Crippen LogP contribution in [-0.4, -0.2) is 32.1 Å². The largest absolute Gasteiger partial charge is 0.353 e. The van der Waals surface area contributed by atoms with Crippen LogP contribution >= 0.6 is 0 Å². The minimum absolute atomic E-state index is 0.0424. The van der Waals surface area contributed by atoms with Crippen LogP contribution in [0, 0.1) is 5.41 Å². The lowest BCUT2D eigenvalue weighted by Gasteiger charge is -2.39. The summed E-state index contributed by atoms with van der Waals surface area (Å²) in [5, 5.41) is 3.70. The SMILES string of the molecule is CCOC(CCNC1CCCCC1(C)C)OCC. The second-order valence-corrected chi connectivity index (χ2v) is 5.87. The van der Waals surface area contributed by atoms with Crippen LogP contribution in [0.5, 0.6) is 0 Å². The second-order valence-electron chi connectivity index (χ2n) is 5.87. The summed E-state index contributed by atoms with van der Waals surface area (Å²) in [4.78, 5) is 0. The molecule has 0 aromatic carbocycles. The highest BCUT2D eigenvalue weighted by Gasteiger charge is 2.31. The first-order valence-corrected chi connectivity index (χ1v) is 7.56. The van der Waals surface area contributed by atoms with Gasteiger partial charge in [0.15, 0.2) is 6.29 Å². The quantitative estimate of drug-likeness (QED) is 0.677. The molecular weight excluding hydrogens is 226 g/mol. The lowest BCUT2D eigenvalue weighted by Crippen LogP contribution is -2.45. The minimum Gasteiger partial charge on any atom is -0.353 e. The van der Waals surface area contributed by atoms with E-state index in [2.05, 4.69) is 19.2 Å². The molecule has 0 aromatic heterocycles. The van der Waals surface area contributed by atoms with Gasteiger partial charge in [-0.15, -0.1) is 0 Å². The summed E-state index contributed by atoms with van der Waals surface area (Å²) < 4.78 is 11.1. The molecule has 3 nitrogen and oxygen atoms in total. The molecule has 0 aromatic rings. The summed E-state index contributed by atoms with van der Waals surface area (Å²) >= 11 is 0.